The van der Waals surface area contributed by atoms with Crippen LogP contribution in [0.25, 0.3) is 6.08 Å². The van der Waals surface area contributed by atoms with Crippen molar-refractivity contribution in [3.05, 3.63) is 70.0 Å². The quantitative estimate of drug-likeness (QED) is 0.755. The van der Waals surface area contributed by atoms with Gasteiger partial charge in [-0.15, -0.1) is 0 Å². The molecule has 1 aromatic heterocycles. The number of benzene rings is 1. The molecule has 0 aliphatic carbocycles. The van der Waals surface area contributed by atoms with Gasteiger partial charge in [0.25, 0.3) is 5.91 Å². The summed E-state index contributed by atoms with van der Waals surface area (Å²) in [7, 11) is 0. The monoisotopic (exact) mass is 389 g/mol. The van der Waals surface area contributed by atoms with Gasteiger partial charge >= 0.3 is 0 Å². The van der Waals surface area contributed by atoms with Crippen LogP contribution in [0.3, 0.4) is 0 Å². The number of halogens is 2. The Balaban J connectivity index is 1.57. The lowest BCUT2D eigenvalue weighted by molar-refractivity contribution is -0.127. The number of carbonyl (C=O) groups is 2. The van der Waals surface area contributed by atoms with Crippen molar-refractivity contribution < 1.29 is 9.59 Å². The summed E-state index contributed by atoms with van der Waals surface area (Å²) in [6.45, 7) is 1.90. The van der Waals surface area contributed by atoms with Crippen LogP contribution in [-0.2, 0) is 4.79 Å². The summed E-state index contributed by atoms with van der Waals surface area (Å²) < 4.78 is 0. The lowest BCUT2D eigenvalue weighted by Crippen LogP contribution is -2.50. The van der Waals surface area contributed by atoms with Gasteiger partial charge in [0.1, 0.15) is 0 Å². The van der Waals surface area contributed by atoms with Crippen LogP contribution >= 0.6 is 23.2 Å². The Hall–Kier alpha value is -2.37. The Bertz CT molecular complexity index is 812. The van der Waals surface area contributed by atoms with E-state index in [-0.39, 0.29) is 11.8 Å². The van der Waals surface area contributed by atoms with Crippen LogP contribution < -0.4 is 0 Å². The van der Waals surface area contributed by atoms with E-state index >= 15 is 0 Å². The molecular weight excluding hydrogens is 373 g/mol. The molecule has 2 amide bonds. The largest absolute Gasteiger partial charge is 0.336 e. The second-order valence-corrected chi connectivity index (χ2v) is 6.77. The molecule has 0 unspecified atom stereocenters. The highest BCUT2D eigenvalue weighted by molar-refractivity contribution is 6.35. The number of carbonyl (C=O) groups excluding carboxylic acids is 2. The molecule has 0 spiro atoms. The summed E-state index contributed by atoms with van der Waals surface area (Å²) in [4.78, 5) is 32.3. The van der Waals surface area contributed by atoms with Crippen molar-refractivity contribution in [2.75, 3.05) is 26.2 Å². The summed E-state index contributed by atoms with van der Waals surface area (Å²) in [5.74, 6) is -0.209. The maximum Gasteiger partial charge on any atom is 0.254 e. The third kappa shape index (κ3) is 4.62. The van der Waals surface area contributed by atoms with Crippen LogP contribution in [0.1, 0.15) is 15.9 Å². The first-order valence-corrected chi connectivity index (χ1v) is 8.91. The number of hydrogen-bond donors (Lipinski definition) is 0. The van der Waals surface area contributed by atoms with Crippen LogP contribution in [0.15, 0.2) is 48.8 Å². The molecular formula is C19H17Cl2N3O2. The van der Waals surface area contributed by atoms with Crippen molar-refractivity contribution in [1.29, 1.82) is 0 Å². The average molecular weight is 390 g/mol. The Labute approximate surface area is 161 Å². The summed E-state index contributed by atoms with van der Waals surface area (Å²) in [5.41, 5.74) is 1.33. The molecule has 1 aliphatic heterocycles. The van der Waals surface area contributed by atoms with E-state index in [0.29, 0.717) is 41.8 Å². The van der Waals surface area contributed by atoms with Crippen molar-refractivity contribution in [3.8, 4) is 0 Å². The molecule has 1 aromatic carbocycles. The van der Waals surface area contributed by atoms with Gasteiger partial charge in [0.2, 0.25) is 5.91 Å². The fraction of sp³-hybridized carbons (Fsp3) is 0.211. The molecule has 0 saturated carbocycles. The molecule has 0 radical (unpaired) electrons. The first-order valence-electron chi connectivity index (χ1n) is 8.15. The summed E-state index contributed by atoms with van der Waals surface area (Å²) >= 11 is 11.9. The normalized spacial score (nSPS) is 14.7. The van der Waals surface area contributed by atoms with Gasteiger partial charge in [-0.2, -0.15) is 0 Å². The van der Waals surface area contributed by atoms with Crippen LogP contribution in [0.4, 0.5) is 0 Å². The zero-order chi connectivity index (χ0) is 18.5. The Morgan fingerprint density at radius 3 is 2.27 bits per heavy atom. The van der Waals surface area contributed by atoms with Gasteiger partial charge in [-0.3, -0.25) is 14.6 Å². The highest BCUT2D eigenvalue weighted by Crippen LogP contribution is 2.20. The van der Waals surface area contributed by atoms with Gasteiger partial charge in [-0.05, 0) is 35.9 Å². The van der Waals surface area contributed by atoms with Crippen molar-refractivity contribution in [3.63, 3.8) is 0 Å². The van der Waals surface area contributed by atoms with E-state index in [2.05, 4.69) is 4.98 Å². The number of pyridine rings is 1. The summed E-state index contributed by atoms with van der Waals surface area (Å²) in [6.07, 6.45) is 6.64. The van der Waals surface area contributed by atoms with Gasteiger partial charge in [0.05, 0.1) is 0 Å². The number of hydrogen-bond acceptors (Lipinski definition) is 3. The van der Waals surface area contributed by atoms with Gasteiger partial charge < -0.3 is 9.80 Å². The van der Waals surface area contributed by atoms with E-state index in [1.165, 1.54) is 6.08 Å². The lowest BCUT2D eigenvalue weighted by Gasteiger charge is -2.34. The van der Waals surface area contributed by atoms with E-state index in [9.17, 15) is 9.59 Å². The molecule has 0 atom stereocenters. The van der Waals surface area contributed by atoms with Crippen molar-refractivity contribution in [1.82, 2.24) is 14.8 Å². The molecule has 134 valence electrons. The van der Waals surface area contributed by atoms with Crippen LogP contribution in [0, 0.1) is 0 Å². The van der Waals surface area contributed by atoms with E-state index in [4.69, 9.17) is 23.2 Å². The van der Waals surface area contributed by atoms with Crippen molar-refractivity contribution in [2.24, 2.45) is 0 Å². The van der Waals surface area contributed by atoms with Crippen molar-refractivity contribution >= 4 is 41.1 Å². The molecule has 0 N–H and O–H groups in total. The first kappa shape index (κ1) is 18.4. The molecule has 5 nitrogen and oxygen atoms in total. The standard InChI is InChI=1S/C19H17Cl2N3O2/c20-16-10-15(11-17(21)12-16)19(26)24-8-6-23(7-9-24)18(25)4-3-14-2-1-5-22-13-14/h1-5,10-13H,6-9H2/b4-3+. The molecule has 7 heteroatoms. The third-order valence-corrected chi connectivity index (χ3v) is 4.53. The molecule has 2 heterocycles. The van der Waals surface area contributed by atoms with Gasteiger partial charge in [-0.25, -0.2) is 0 Å². The van der Waals surface area contributed by atoms with Crippen LogP contribution in [-0.4, -0.2) is 52.8 Å². The van der Waals surface area contributed by atoms with E-state index < -0.39 is 0 Å². The zero-order valence-electron chi connectivity index (χ0n) is 13.9. The van der Waals surface area contributed by atoms with E-state index in [1.54, 1.807) is 46.5 Å². The van der Waals surface area contributed by atoms with Crippen LogP contribution in [0.5, 0.6) is 0 Å². The fourth-order valence-electron chi connectivity index (χ4n) is 2.74. The van der Waals surface area contributed by atoms with Crippen LogP contribution in [0.2, 0.25) is 10.0 Å². The zero-order valence-corrected chi connectivity index (χ0v) is 15.5. The minimum absolute atomic E-state index is 0.0771. The lowest BCUT2D eigenvalue weighted by atomic mass is 10.1. The number of amides is 2. The molecule has 1 aliphatic rings. The van der Waals surface area contributed by atoms with Gasteiger partial charge in [0.15, 0.2) is 0 Å². The predicted octanol–water partition coefficient (Wildman–Crippen LogP) is 3.39. The first-order chi connectivity index (χ1) is 12.5. The number of aromatic nitrogens is 1. The maximum atomic E-state index is 12.6. The number of piperazine rings is 1. The molecule has 1 saturated heterocycles. The molecule has 3 rings (SSSR count). The highest BCUT2D eigenvalue weighted by atomic mass is 35.5. The maximum absolute atomic E-state index is 12.6. The second-order valence-electron chi connectivity index (χ2n) is 5.90. The smallest absolute Gasteiger partial charge is 0.254 e. The Morgan fingerprint density at radius 1 is 1.00 bits per heavy atom. The predicted molar refractivity (Wildman–Crippen MR) is 102 cm³/mol. The average Bonchev–Trinajstić information content (AvgIpc) is 2.65. The Kier molecular flexibility index (Phi) is 5.91. The SMILES string of the molecule is O=C(/C=C/c1cccnc1)N1CCN(C(=O)c2cc(Cl)cc(Cl)c2)CC1. The number of rotatable bonds is 3. The third-order valence-electron chi connectivity index (χ3n) is 4.09. The highest BCUT2D eigenvalue weighted by Gasteiger charge is 2.24. The topological polar surface area (TPSA) is 53.5 Å². The number of nitrogens with zero attached hydrogens (tertiary/aromatic N) is 3. The second kappa shape index (κ2) is 8.34. The van der Waals surface area contributed by atoms with Crippen molar-refractivity contribution in [2.45, 2.75) is 0 Å². The molecule has 26 heavy (non-hydrogen) atoms. The minimum Gasteiger partial charge on any atom is -0.336 e. The molecule has 2 aromatic rings. The van der Waals surface area contributed by atoms with Gasteiger partial charge in [0, 0.05) is 60.3 Å². The fourth-order valence-corrected chi connectivity index (χ4v) is 3.26. The van der Waals surface area contributed by atoms with Gasteiger partial charge in [-0.1, -0.05) is 29.3 Å². The summed E-state index contributed by atoms with van der Waals surface area (Å²) in [5, 5.41) is 0.852. The summed E-state index contributed by atoms with van der Waals surface area (Å²) in [6, 6.07) is 8.49. The Morgan fingerprint density at radius 2 is 1.65 bits per heavy atom. The molecule has 1 fully saturated rings. The van der Waals surface area contributed by atoms with E-state index in [0.717, 1.165) is 5.56 Å². The minimum atomic E-state index is -0.132. The van der Waals surface area contributed by atoms with E-state index in [1.807, 2.05) is 12.1 Å². The molecule has 0 bridgehead atoms.